The lowest BCUT2D eigenvalue weighted by Gasteiger charge is -1.94. The first-order chi connectivity index (χ1) is 5.13. The first-order valence-corrected chi connectivity index (χ1v) is 2.88. The van der Waals surface area contributed by atoms with Crippen molar-refractivity contribution in [2.75, 3.05) is 0 Å². The predicted octanol–water partition coefficient (Wildman–Crippen LogP) is 1.44. The average molecular weight is 156 g/mol. The second kappa shape index (κ2) is 2.61. The topological polar surface area (TPSA) is 56.0 Å². The summed E-state index contributed by atoms with van der Waals surface area (Å²) in [6.45, 7) is 1.38. The number of hydrogen-bond donors (Lipinski definition) is 0. The lowest BCUT2D eigenvalue weighted by Crippen LogP contribution is -1.95. The van der Waals surface area contributed by atoms with Crippen LogP contribution in [0.15, 0.2) is 12.3 Å². The van der Waals surface area contributed by atoms with Crippen molar-refractivity contribution in [3.8, 4) is 0 Å². The Bertz CT molecular complexity index is 301. The van der Waals surface area contributed by atoms with E-state index in [9.17, 15) is 14.5 Å². The van der Waals surface area contributed by atoms with Gasteiger partial charge >= 0.3 is 5.69 Å². The second-order valence-corrected chi connectivity index (χ2v) is 1.99. The van der Waals surface area contributed by atoms with Gasteiger partial charge in [0.1, 0.15) is 0 Å². The van der Waals surface area contributed by atoms with Gasteiger partial charge in [0.15, 0.2) is 0 Å². The number of rotatable bonds is 1. The highest BCUT2D eigenvalue weighted by Crippen LogP contribution is 2.16. The zero-order chi connectivity index (χ0) is 8.43. The van der Waals surface area contributed by atoms with E-state index in [4.69, 9.17) is 0 Å². The summed E-state index contributed by atoms with van der Waals surface area (Å²) in [4.78, 5) is 12.9. The Hall–Kier alpha value is -1.52. The van der Waals surface area contributed by atoms with E-state index >= 15 is 0 Å². The lowest BCUT2D eigenvalue weighted by atomic mass is 10.3. The first kappa shape index (κ1) is 7.59. The third-order valence-electron chi connectivity index (χ3n) is 1.24. The number of hydrogen-bond acceptors (Lipinski definition) is 3. The molecule has 1 rings (SSSR count). The Morgan fingerprint density at radius 1 is 1.73 bits per heavy atom. The molecule has 0 saturated carbocycles. The van der Waals surface area contributed by atoms with Crippen molar-refractivity contribution < 1.29 is 9.31 Å². The maximum Gasteiger partial charge on any atom is 0.308 e. The van der Waals surface area contributed by atoms with Crippen molar-refractivity contribution in [2.24, 2.45) is 0 Å². The summed E-state index contributed by atoms with van der Waals surface area (Å²) in [5.74, 6) is -0.863. The standard InChI is InChI=1S/C6H5FN2O2/c1-4-6(7)5(9(10)11)2-3-8-4/h2-3H,1H3. The van der Waals surface area contributed by atoms with Crippen LogP contribution in [0.5, 0.6) is 0 Å². The van der Waals surface area contributed by atoms with Gasteiger partial charge in [-0.2, -0.15) is 4.39 Å². The van der Waals surface area contributed by atoms with Gasteiger partial charge in [-0.25, -0.2) is 0 Å². The van der Waals surface area contributed by atoms with E-state index in [0.717, 1.165) is 6.07 Å². The average Bonchev–Trinajstić information content (AvgIpc) is 1.94. The van der Waals surface area contributed by atoms with E-state index in [2.05, 4.69) is 4.98 Å². The van der Waals surface area contributed by atoms with Crippen LogP contribution in [-0.2, 0) is 0 Å². The van der Waals surface area contributed by atoms with Crippen LogP contribution >= 0.6 is 0 Å². The minimum Gasteiger partial charge on any atom is -0.258 e. The molecule has 4 nitrogen and oxygen atoms in total. The molecule has 0 unspecified atom stereocenters. The summed E-state index contributed by atoms with van der Waals surface area (Å²) in [5.41, 5.74) is -0.489. The summed E-state index contributed by atoms with van der Waals surface area (Å²) >= 11 is 0. The Balaban J connectivity index is 3.27. The van der Waals surface area contributed by atoms with E-state index in [1.54, 1.807) is 0 Å². The quantitative estimate of drug-likeness (QED) is 0.456. The molecule has 5 heteroatoms. The molecule has 0 radical (unpaired) electrons. The number of nitro groups is 1. The van der Waals surface area contributed by atoms with Crippen LogP contribution < -0.4 is 0 Å². The molecule has 0 amide bonds. The van der Waals surface area contributed by atoms with Crippen molar-refractivity contribution in [3.63, 3.8) is 0 Å². The molecule has 58 valence electrons. The fourth-order valence-corrected chi connectivity index (χ4v) is 0.676. The maximum atomic E-state index is 12.7. The largest absolute Gasteiger partial charge is 0.308 e. The summed E-state index contributed by atoms with van der Waals surface area (Å²) < 4.78 is 12.7. The first-order valence-electron chi connectivity index (χ1n) is 2.88. The molecular weight excluding hydrogens is 151 g/mol. The van der Waals surface area contributed by atoms with Crippen LogP contribution in [0, 0.1) is 22.9 Å². The van der Waals surface area contributed by atoms with Crippen LogP contribution in [-0.4, -0.2) is 9.91 Å². The van der Waals surface area contributed by atoms with Gasteiger partial charge in [0.05, 0.1) is 10.6 Å². The normalized spacial score (nSPS) is 9.64. The van der Waals surface area contributed by atoms with Gasteiger partial charge in [0.25, 0.3) is 0 Å². The van der Waals surface area contributed by atoms with E-state index in [1.807, 2.05) is 0 Å². The Kier molecular flexibility index (Phi) is 1.80. The molecule has 0 aliphatic rings. The zero-order valence-corrected chi connectivity index (χ0v) is 5.74. The Morgan fingerprint density at radius 3 is 2.82 bits per heavy atom. The van der Waals surface area contributed by atoms with Gasteiger partial charge in [-0.15, -0.1) is 0 Å². The molecule has 1 heterocycles. The monoisotopic (exact) mass is 156 g/mol. The fraction of sp³-hybridized carbons (Fsp3) is 0.167. The molecule has 0 atom stereocenters. The number of halogens is 1. The smallest absolute Gasteiger partial charge is 0.258 e. The zero-order valence-electron chi connectivity index (χ0n) is 5.74. The van der Waals surface area contributed by atoms with Crippen LogP contribution in [0.4, 0.5) is 10.1 Å². The Labute approximate surface area is 61.8 Å². The molecule has 0 fully saturated rings. The van der Waals surface area contributed by atoms with Gasteiger partial charge in [0.2, 0.25) is 5.82 Å². The van der Waals surface area contributed by atoms with Crippen LogP contribution in [0.25, 0.3) is 0 Å². The molecule has 11 heavy (non-hydrogen) atoms. The molecule has 0 aromatic carbocycles. The summed E-state index contributed by atoms with van der Waals surface area (Å²) in [6, 6.07) is 1.03. The van der Waals surface area contributed by atoms with E-state index in [1.165, 1.54) is 13.1 Å². The number of nitrogens with zero attached hydrogens (tertiary/aromatic N) is 2. The molecule has 0 aliphatic heterocycles. The van der Waals surface area contributed by atoms with Gasteiger partial charge in [0, 0.05) is 12.3 Å². The molecular formula is C6H5FN2O2. The highest BCUT2D eigenvalue weighted by atomic mass is 19.1. The van der Waals surface area contributed by atoms with Gasteiger partial charge in [-0.3, -0.25) is 15.1 Å². The van der Waals surface area contributed by atoms with E-state index < -0.39 is 16.4 Å². The minimum absolute atomic E-state index is 0.0409. The van der Waals surface area contributed by atoms with Crippen molar-refractivity contribution in [2.45, 2.75) is 6.92 Å². The predicted molar refractivity (Wildman–Crippen MR) is 35.6 cm³/mol. The highest BCUT2D eigenvalue weighted by Gasteiger charge is 2.15. The summed E-state index contributed by atoms with van der Waals surface area (Å²) in [7, 11) is 0. The van der Waals surface area contributed by atoms with Crippen molar-refractivity contribution >= 4 is 5.69 Å². The molecule has 0 saturated heterocycles. The third kappa shape index (κ3) is 1.31. The van der Waals surface area contributed by atoms with Gasteiger partial charge in [-0.1, -0.05) is 0 Å². The van der Waals surface area contributed by atoms with Crippen molar-refractivity contribution in [1.29, 1.82) is 0 Å². The second-order valence-electron chi connectivity index (χ2n) is 1.99. The molecule has 1 aromatic heterocycles. The van der Waals surface area contributed by atoms with E-state index in [0.29, 0.717) is 0 Å². The van der Waals surface area contributed by atoms with Crippen LogP contribution in [0.1, 0.15) is 5.69 Å². The SMILES string of the molecule is Cc1nccc([N+](=O)[O-])c1F. The van der Waals surface area contributed by atoms with E-state index in [-0.39, 0.29) is 5.69 Å². The van der Waals surface area contributed by atoms with Gasteiger partial charge < -0.3 is 0 Å². The molecule has 0 aliphatic carbocycles. The number of aromatic nitrogens is 1. The van der Waals surface area contributed by atoms with Crippen molar-refractivity contribution in [1.82, 2.24) is 4.98 Å². The molecule has 0 N–H and O–H groups in total. The molecule has 0 spiro atoms. The van der Waals surface area contributed by atoms with Gasteiger partial charge in [-0.05, 0) is 6.92 Å². The summed E-state index contributed by atoms with van der Waals surface area (Å²) in [5, 5.41) is 10.1. The minimum atomic E-state index is -0.863. The van der Waals surface area contributed by atoms with Crippen LogP contribution in [0.3, 0.4) is 0 Å². The molecule has 1 aromatic rings. The third-order valence-corrected chi connectivity index (χ3v) is 1.24. The number of aryl methyl sites for hydroxylation is 1. The Morgan fingerprint density at radius 2 is 2.36 bits per heavy atom. The highest BCUT2D eigenvalue weighted by molar-refractivity contribution is 5.31. The maximum absolute atomic E-state index is 12.7. The van der Waals surface area contributed by atoms with Crippen molar-refractivity contribution in [3.05, 3.63) is 33.9 Å². The number of pyridine rings is 1. The molecule has 0 bridgehead atoms. The summed E-state index contributed by atoms with van der Waals surface area (Å²) in [6.07, 6.45) is 1.20. The van der Waals surface area contributed by atoms with Crippen LogP contribution in [0.2, 0.25) is 0 Å². The lowest BCUT2D eigenvalue weighted by molar-refractivity contribution is -0.387. The fourth-order valence-electron chi connectivity index (χ4n) is 0.676.